The molecule has 3 aromatic rings. The fraction of sp³-hybridized carbons (Fsp3) is 0.419. The van der Waals surface area contributed by atoms with Gasteiger partial charge in [-0.2, -0.15) is 0 Å². The van der Waals surface area contributed by atoms with E-state index in [9.17, 15) is 9.59 Å². The Kier molecular flexibility index (Phi) is 8.57. The largest absolute Gasteiger partial charge is 0.367 e. The van der Waals surface area contributed by atoms with Crippen LogP contribution in [0.4, 0.5) is 0 Å². The number of piperazine rings is 1. The molecule has 0 aliphatic carbocycles. The predicted molar refractivity (Wildman–Crippen MR) is 151 cm³/mol. The lowest BCUT2D eigenvalue weighted by Crippen LogP contribution is -2.56. The zero-order valence-corrected chi connectivity index (χ0v) is 23.2. The van der Waals surface area contributed by atoms with Gasteiger partial charge in [-0.25, -0.2) is 0 Å². The summed E-state index contributed by atoms with van der Waals surface area (Å²) in [5.41, 5.74) is 4.98. The molecule has 0 bridgehead atoms. The maximum Gasteiger partial charge on any atom is 0.248 e. The molecule has 2 unspecified atom stereocenters. The number of aryl methyl sites for hydroxylation is 1. The van der Waals surface area contributed by atoms with Crippen LogP contribution in [0.1, 0.15) is 46.5 Å². The van der Waals surface area contributed by atoms with Crippen molar-refractivity contribution in [2.75, 3.05) is 39.3 Å². The van der Waals surface area contributed by atoms with Gasteiger partial charge in [0.1, 0.15) is 6.61 Å². The molecule has 5 rings (SSSR count). The number of fused-ring (bicyclic) bond motifs is 1. The SMILES string of the molecule is Cc1ccc(C2c3ccsc3CCN2CCC(=O)N2CCN(C(=O)COCc3ccccc3)C(C)C2)cc1. The molecule has 38 heavy (non-hydrogen) atoms. The highest BCUT2D eigenvalue weighted by molar-refractivity contribution is 7.10. The molecule has 0 saturated carbocycles. The Bertz CT molecular complexity index is 1230. The number of carbonyl (C=O) groups is 2. The first-order valence-electron chi connectivity index (χ1n) is 13.6. The zero-order valence-electron chi connectivity index (χ0n) is 22.3. The fourth-order valence-corrected chi connectivity index (χ4v) is 6.52. The molecule has 2 aliphatic rings. The van der Waals surface area contributed by atoms with Gasteiger partial charge in [0.05, 0.1) is 12.6 Å². The molecule has 0 spiro atoms. The van der Waals surface area contributed by atoms with Crippen molar-refractivity contribution in [3.8, 4) is 0 Å². The molecule has 2 atom stereocenters. The number of carbonyl (C=O) groups excluding carboxylic acids is 2. The van der Waals surface area contributed by atoms with Crippen LogP contribution in [0.3, 0.4) is 0 Å². The van der Waals surface area contributed by atoms with Crippen LogP contribution in [0.2, 0.25) is 0 Å². The number of ether oxygens (including phenoxy) is 1. The molecule has 2 aliphatic heterocycles. The van der Waals surface area contributed by atoms with Gasteiger partial charge >= 0.3 is 0 Å². The van der Waals surface area contributed by atoms with Crippen LogP contribution in [0.15, 0.2) is 66.0 Å². The Morgan fingerprint density at radius 1 is 0.974 bits per heavy atom. The minimum absolute atomic E-state index is 0.0126. The highest BCUT2D eigenvalue weighted by atomic mass is 32.1. The van der Waals surface area contributed by atoms with E-state index < -0.39 is 0 Å². The summed E-state index contributed by atoms with van der Waals surface area (Å²) < 4.78 is 5.66. The van der Waals surface area contributed by atoms with Crippen molar-refractivity contribution < 1.29 is 14.3 Å². The summed E-state index contributed by atoms with van der Waals surface area (Å²) >= 11 is 1.84. The Morgan fingerprint density at radius 3 is 2.53 bits per heavy atom. The summed E-state index contributed by atoms with van der Waals surface area (Å²) in [6.45, 7) is 8.00. The van der Waals surface area contributed by atoms with Crippen LogP contribution >= 0.6 is 11.3 Å². The lowest BCUT2D eigenvalue weighted by Gasteiger charge is -2.40. The molecule has 2 aromatic carbocycles. The van der Waals surface area contributed by atoms with Crippen LogP contribution in [0.5, 0.6) is 0 Å². The number of thiophene rings is 1. The second-order valence-electron chi connectivity index (χ2n) is 10.4. The highest BCUT2D eigenvalue weighted by Crippen LogP contribution is 2.37. The Morgan fingerprint density at radius 2 is 1.76 bits per heavy atom. The Balaban J connectivity index is 1.13. The van der Waals surface area contributed by atoms with Gasteiger partial charge in [-0.05, 0) is 48.4 Å². The van der Waals surface area contributed by atoms with Crippen LogP contribution in [0, 0.1) is 6.92 Å². The minimum atomic E-state index is -0.0239. The minimum Gasteiger partial charge on any atom is -0.367 e. The van der Waals surface area contributed by atoms with Gasteiger partial charge in [-0.15, -0.1) is 11.3 Å². The van der Waals surface area contributed by atoms with E-state index in [-0.39, 0.29) is 30.5 Å². The monoisotopic (exact) mass is 531 g/mol. The number of hydrogen-bond acceptors (Lipinski definition) is 5. The van der Waals surface area contributed by atoms with Crippen molar-refractivity contribution >= 4 is 23.2 Å². The predicted octanol–water partition coefficient (Wildman–Crippen LogP) is 4.67. The van der Waals surface area contributed by atoms with Gasteiger partial charge in [0.2, 0.25) is 11.8 Å². The van der Waals surface area contributed by atoms with Crippen molar-refractivity contribution in [1.29, 1.82) is 0 Å². The molecule has 0 N–H and O–H groups in total. The van der Waals surface area contributed by atoms with Crippen LogP contribution < -0.4 is 0 Å². The van der Waals surface area contributed by atoms with E-state index in [0.717, 1.165) is 25.1 Å². The fourth-order valence-electron chi connectivity index (χ4n) is 5.61. The molecule has 1 saturated heterocycles. The smallest absolute Gasteiger partial charge is 0.248 e. The first-order chi connectivity index (χ1) is 18.5. The third-order valence-corrected chi connectivity index (χ3v) is 8.71. The zero-order chi connectivity index (χ0) is 26.5. The van der Waals surface area contributed by atoms with E-state index in [4.69, 9.17) is 4.74 Å². The quantitative estimate of drug-likeness (QED) is 0.424. The third kappa shape index (κ3) is 6.17. The summed E-state index contributed by atoms with van der Waals surface area (Å²) in [5, 5.41) is 2.19. The standard InChI is InChI=1S/C31H37N3O3S/c1-23-8-10-26(11-9-23)31-27-14-19-38-28(27)12-15-32(31)16-13-29(35)33-17-18-34(24(2)20-33)30(36)22-37-21-25-6-4-3-5-7-25/h3-11,14,19,24,31H,12-13,15-18,20-22H2,1-2H3. The highest BCUT2D eigenvalue weighted by Gasteiger charge is 2.32. The van der Waals surface area contributed by atoms with Gasteiger partial charge < -0.3 is 14.5 Å². The molecular weight excluding hydrogens is 494 g/mol. The lowest BCUT2D eigenvalue weighted by molar-refractivity contribution is -0.146. The number of rotatable bonds is 8. The average Bonchev–Trinajstić information content (AvgIpc) is 3.41. The van der Waals surface area contributed by atoms with Crippen LogP contribution in [0.25, 0.3) is 0 Å². The van der Waals surface area contributed by atoms with Crippen LogP contribution in [-0.2, 0) is 27.4 Å². The van der Waals surface area contributed by atoms with Gasteiger partial charge in [0.15, 0.2) is 0 Å². The first-order valence-corrected chi connectivity index (χ1v) is 14.4. The van der Waals surface area contributed by atoms with Crippen molar-refractivity contribution in [3.05, 3.63) is 93.2 Å². The topological polar surface area (TPSA) is 53.1 Å². The van der Waals surface area contributed by atoms with Gasteiger partial charge in [-0.3, -0.25) is 14.5 Å². The average molecular weight is 532 g/mol. The van der Waals surface area contributed by atoms with E-state index in [1.807, 2.05) is 58.4 Å². The van der Waals surface area contributed by atoms with E-state index >= 15 is 0 Å². The van der Waals surface area contributed by atoms with E-state index in [0.29, 0.717) is 32.7 Å². The van der Waals surface area contributed by atoms with Crippen LogP contribution in [-0.4, -0.2) is 71.9 Å². The second-order valence-corrected chi connectivity index (χ2v) is 11.4. The maximum absolute atomic E-state index is 13.2. The van der Waals surface area contributed by atoms with Gasteiger partial charge in [0, 0.05) is 50.1 Å². The Labute approximate surface area is 229 Å². The maximum atomic E-state index is 13.2. The lowest BCUT2D eigenvalue weighted by atomic mass is 9.92. The molecule has 6 nitrogen and oxygen atoms in total. The van der Waals surface area contributed by atoms with E-state index in [1.54, 1.807) is 0 Å². The van der Waals surface area contributed by atoms with E-state index in [1.165, 1.54) is 21.6 Å². The summed E-state index contributed by atoms with van der Waals surface area (Å²) in [6.07, 6.45) is 1.52. The third-order valence-electron chi connectivity index (χ3n) is 7.71. The van der Waals surface area contributed by atoms with E-state index in [2.05, 4.69) is 47.5 Å². The molecule has 200 valence electrons. The molecular formula is C31H37N3O3S. The molecule has 1 fully saturated rings. The first kappa shape index (κ1) is 26.6. The molecule has 3 heterocycles. The molecule has 2 amide bonds. The Hall–Kier alpha value is -3.00. The molecule has 7 heteroatoms. The number of benzene rings is 2. The van der Waals surface area contributed by atoms with Crippen molar-refractivity contribution in [2.24, 2.45) is 0 Å². The summed E-state index contributed by atoms with van der Waals surface area (Å²) in [6, 6.07) is 21.1. The normalized spacial score (nSPS) is 19.8. The molecule has 0 radical (unpaired) electrons. The van der Waals surface area contributed by atoms with Crippen molar-refractivity contribution in [2.45, 2.75) is 45.4 Å². The van der Waals surface area contributed by atoms with Gasteiger partial charge in [0.25, 0.3) is 0 Å². The molecule has 1 aromatic heterocycles. The number of nitrogens with zero attached hydrogens (tertiary/aromatic N) is 3. The van der Waals surface area contributed by atoms with Crippen molar-refractivity contribution in [1.82, 2.24) is 14.7 Å². The summed E-state index contributed by atoms with van der Waals surface area (Å²) in [5.74, 6) is 0.157. The number of hydrogen-bond donors (Lipinski definition) is 0. The number of amides is 2. The second kappa shape index (κ2) is 12.2. The van der Waals surface area contributed by atoms with Gasteiger partial charge in [-0.1, -0.05) is 60.2 Å². The summed E-state index contributed by atoms with van der Waals surface area (Å²) in [7, 11) is 0. The summed E-state index contributed by atoms with van der Waals surface area (Å²) in [4.78, 5) is 33.7. The van der Waals surface area contributed by atoms with Crippen molar-refractivity contribution in [3.63, 3.8) is 0 Å².